The molecular weight excluding hydrogens is 462 g/mol. The van der Waals surface area contributed by atoms with Crippen molar-refractivity contribution in [1.29, 1.82) is 0 Å². The lowest BCUT2D eigenvalue weighted by Crippen LogP contribution is -2.50. The molecule has 1 amide bonds. The molecule has 2 aromatic carbocycles. The van der Waals surface area contributed by atoms with Crippen LogP contribution in [0.15, 0.2) is 52.2 Å². The fraction of sp³-hybridized carbons (Fsp3) is 0.407. The number of aryl methyl sites for hydroxylation is 3. The van der Waals surface area contributed by atoms with Gasteiger partial charge in [0, 0.05) is 44.7 Å². The number of benzene rings is 2. The summed E-state index contributed by atoms with van der Waals surface area (Å²) in [6.45, 7) is 10.9. The van der Waals surface area contributed by atoms with Crippen LogP contribution in [0.25, 0.3) is 10.9 Å². The van der Waals surface area contributed by atoms with Crippen LogP contribution >= 0.6 is 0 Å². The molecule has 0 saturated carbocycles. The molecule has 0 aliphatic carbocycles. The van der Waals surface area contributed by atoms with Crippen molar-refractivity contribution in [3.05, 3.63) is 75.1 Å². The molecule has 7 nitrogen and oxygen atoms in total. The van der Waals surface area contributed by atoms with E-state index < -0.39 is 10.0 Å². The predicted octanol–water partition coefficient (Wildman–Crippen LogP) is 3.60. The van der Waals surface area contributed by atoms with Crippen LogP contribution in [0.5, 0.6) is 0 Å². The Labute approximate surface area is 207 Å². The minimum absolute atomic E-state index is 0.0770. The Hall–Kier alpha value is -2.97. The molecule has 1 aliphatic heterocycles. The molecule has 1 fully saturated rings. The molecule has 0 bridgehead atoms. The Morgan fingerprint density at radius 2 is 1.49 bits per heavy atom. The number of hydrogen-bond acceptors (Lipinski definition) is 4. The van der Waals surface area contributed by atoms with Gasteiger partial charge in [-0.3, -0.25) is 9.59 Å². The maximum atomic E-state index is 13.6. The summed E-state index contributed by atoms with van der Waals surface area (Å²) < 4.78 is 30.1. The summed E-state index contributed by atoms with van der Waals surface area (Å²) in [5, 5.41) is 0.708. The van der Waals surface area contributed by atoms with Gasteiger partial charge >= 0.3 is 0 Å². The van der Waals surface area contributed by atoms with Crippen LogP contribution in [0.4, 0.5) is 0 Å². The van der Waals surface area contributed by atoms with Gasteiger partial charge in [-0.25, -0.2) is 8.42 Å². The SMILES string of the molecule is Cc1cc(C(C)(C)C)cc(C)c1S(=O)(=O)N1CCN(C(=O)c2cc(=O)n(C)c3ccccc23)CC1. The number of piperazine rings is 1. The smallest absolute Gasteiger partial charge is 0.254 e. The van der Waals surface area contributed by atoms with E-state index in [-0.39, 0.29) is 43.1 Å². The third kappa shape index (κ3) is 4.52. The van der Waals surface area contributed by atoms with Crippen LogP contribution < -0.4 is 5.56 Å². The van der Waals surface area contributed by atoms with Crippen LogP contribution in [0.1, 0.15) is 47.8 Å². The summed E-state index contributed by atoms with van der Waals surface area (Å²) in [6, 6.07) is 12.6. The van der Waals surface area contributed by atoms with Crippen LogP contribution in [0.2, 0.25) is 0 Å². The number of sulfonamides is 1. The summed E-state index contributed by atoms with van der Waals surface area (Å²) >= 11 is 0. The monoisotopic (exact) mass is 495 g/mol. The molecule has 4 rings (SSSR count). The van der Waals surface area contributed by atoms with Gasteiger partial charge in [-0.1, -0.05) is 51.1 Å². The van der Waals surface area contributed by atoms with Crippen molar-refractivity contribution in [2.45, 2.75) is 44.9 Å². The van der Waals surface area contributed by atoms with E-state index >= 15 is 0 Å². The van der Waals surface area contributed by atoms with E-state index in [1.165, 1.54) is 14.9 Å². The summed E-state index contributed by atoms with van der Waals surface area (Å²) in [5.74, 6) is -0.252. The van der Waals surface area contributed by atoms with Crippen molar-refractivity contribution in [3.8, 4) is 0 Å². The van der Waals surface area contributed by atoms with E-state index in [0.717, 1.165) is 16.7 Å². The fourth-order valence-electron chi connectivity index (χ4n) is 4.81. The zero-order chi connectivity index (χ0) is 25.7. The molecule has 35 heavy (non-hydrogen) atoms. The molecule has 0 unspecified atom stereocenters. The predicted molar refractivity (Wildman–Crippen MR) is 138 cm³/mol. The summed E-state index contributed by atoms with van der Waals surface area (Å²) in [7, 11) is -2.02. The summed E-state index contributed by atoms with van der Waals surface area (Å²) in [6.07, 6.45) is 0. The topological polar surface area (TPSA) is 79.7 Å². The zero-order valence-corrected chi connectivity index (χ0v) is 22.1. The molecule has 0 N–H and O–H groups in total. The zero-order valence-electron chi connectivity index (χ0n) is 21.3. The summed E-state index contributed by atoms with van der Waals surface area (Å²) in [5.41, 5.74) is 3.28. The first kappa shape index (κ1) is 25.1. The molecule has 3 aromatic rings. The van der Waals surface area contributed by atoms with Crippen LogP contribution in [0, 0.1) is 13.8 Å². The second-order valence-corrected chi connectivity index (χ2v) is 12.2. The van der Waals surface area contributed by atoms with Gasteiger partial charge in [-0.15, -0.1) is 0 Å². The third-order valence-corrected chi connectivity index (χ3v) is 9.04. The van der Waals surface area contributed by atoms with Crippen molar-refractivity contribution in [1.82, 2.24) is 13.8 Å². The van der Waals surface area contributed by atoms with Crippen molar-refractivity contribution in [2.24, 2.45) is 7.05 Å². The maximum absolute atomic E-state index is 13.6. The molecular formula is C27H33N3O4S. The van der Waals surface area contributed by atoms with Crippen molar-refractivity contribution < 1.29 is 13.2 Å². The number of carbonyl (C=O) groups is 1. The quantitative estimate of drug-likeness (QED) is 0.556. The van der Waals surface area contributed by atoms with Gasteiger partial charge in [0.1, 0.15) is 0 Å². The molecule has 2 heterocycles. The normalized spacial score (nSPS) is 15.5. The molecule has 0 spiro atoms. The first-order chi connectivity index (χ1) is 16.3. The minimum atomic E-state index is -3.70. The minimum Gasteiger partial charge on any atom is -0.336 e. The Morgan fingerprint density at radius 1 is 0.914 bits per heavy atom. The third-order valence-electron chi connectivity index (χ3n) is 6.83. The fourth-order valence-corrected chi connectivity index (χ4v) is 6.64. The van der Waals surface area contributed by atoms with E-state index in [4.69, 9.17) is 0 Å². The molecule has 8 heteroatoms. The Balaban J connectivity index is 1.58. The van der Waals surface area contributed by atoms with Crippen LogP contribution in [-0.2, 0) is 22.5 Å². The highest BCUT2D eigenvalue weighted by molar-refractivity contribution is 7.89. The molecule has 1 aliphatic rings. The largest absolute Gasteiger partial charge is 0.336 e. The van der Waals surface area contributed by atoms with Crippen molar-refractivity contribution in [3.63, 3.8) is 0 Å². The lowest BCUT2D eigenvalue weighted by atomic mass is 9.85. The first-order valence-corrected chi connectivity index (χ1v) is 13.3. The van der Waals surface area contributed by atoms with Gasteiger partial charge in [0.25, 0.3) is 11.5 Å². The number of para-hydroxylation sites is 1. The second kappa shape index (κ2) is 8.91. The highest BCUT2D eigenvalue weighted by Gasteiger charge is 2.33. The number of aromatic nitrogens is 1. The van der Waals surface area contributed by atoms with E-state index in [9.17, 15) is 18.0 Å². The number of pyridine rings is 1. The number of nitrogens with zero attached hydrogens (tertiary/aromatic N) is 3. The molecule has 0 atom stereocenters. The van der Waals surface area contributed by atoms with Gasteiger partial charge in [0.2, 0.25) is 10.0 Å². The number of rotatable bonds is 3. The van der Waals surface area contributed by atoms with Crippen molar-refractivity contribution in [2.75, 3.05) is 26.2 Å². The lowest BCUT2D eigenvalue weighted by molar-refractivity contribution is 0.0699. The van der Waals surface area contributed by atoms with Crippen LogP contribution in [-0.4, -0.2) is 54.3 Å². The number of carbonyl (C=O) groups excluding carboxylic acids is 1. The Kier molecular flexibility index (Phi) is 6.40. The Morgan fingerprint density at radius 3 is 2.06 bits per heavy atom. The van der Waals surface area contributed by atoms with E-state index in [0.29, 0.717) is 21.4 Å². The molecule has 0 radical (unpaired) electrons. The average Bonchev–Trinajstić information content (AvgIpc) is 2.80. The highest BCUT2D eigenvalue weighted by Crippen LogP contribution is 2.31. The van der Waals surface area contributed by atoms with E-state index in [2.05, 4.69) is 20.8 Å². The average molecular weight is 496 g/mol. The van der Waals surface area contributed by atoms with Gasteiger partial charge in [0.05, 0.1) is 16.0 Å². The van der Waals surface area contributed by atoms with E-state index in [1.807, 2.05) is 50.2 Å². The summed E-state index contributed by atoms with van der Waals surface area (Å²) in [4.78, 5) is 27.8. The number of fused-ring (bicyclic) bond motifs is 1. The molecule has 1 saturated heterocycles. The van der Waals surface area contributed by atoms with Gasteiger partial charge in [-0.05, 0) is 42.0 Å². The molecule has 1 aromatic heterocycles. The molecule has 186 valence electrons. The van der Waals surface area contributed by atoms with E-state index in [1.54, 1.807) is 11.9 Å². The maximum Gasteiger partial charge on any atom is 0.254 e. The van der Waals surface area contributed by atoms with Gasteiger partial charge in [-0.2, -0.15) is 4.31 Å². The lowest BCUT2D eigenvalue weighted by Gasteiger charge is -2.35. The second-order valence-electron chi connectivity index (χ2n) is 10.4. The number of hydrogen-bond donors (Lipinski definition) is 0. The first-order valence-electron chi connectivity index (χ1n) is 11.8. The number of amides is 1. The van der Waals surface area contributed by atoms with Crippen LogP contribution in [0.3, 0.4) is 0 Å². The van der Waals surface area contributed by atoms with Gasteiger partial charge < -0.3 is 9.47 Å². The van der Waals surface area contributed by atoms with Gasteiger partial charge in [0.15, 0.2) is 0 Å². The van der Waals surface area contributed by atoms with Crippen molar-refractivity contribution >= 4 is 26.8 Å². The standard InChI is InChI=1S/C27H33N3O4S/c1-18-15-20(27(3,4)5)16-19(2)25(18)35(33,34)30-13-11-29(12-14-30)26(32)22-17-24(31)28(6)23-10-8-7-9-21(22)23/h7-10,15-17H,11-14H2,1-6H3. The highest BCUT2D eigenvalue weighted by atomic mass is 32.2. The Bertz CT molecular complexity index is 1450.